The van der Waals surface area contributed by atoms with Gasteiger partial charge >= 0.3 is 0 Å². The Labute approximate surface area is 152 Å². The van der Waals surface area contributed by atoms with Gasteiger partial charge in [-0.25, -0.2) is 0 Å². The molecular weight excluding hydrogens is 326 g/mol. The standard InChI is InChI=1S/C21H21N3O2/c1-26-19-10-6-15(7-11-19)14-23-24-21(22)13-20(25)18-9-8-16-4-2-3-5-17(16)12-18/h2-12,14,20,25H,13H2,1H3,(H2,22,24)/b23-14+. The number of nitrogens with two attached hydrogens (primary N) is 1. The summed E-state index contributed by atoms with van der Waals surface area (Å²) in [5, 5.41) is 20.6. The molecule has 0 saturated carbocycles. The molecule has 0 radical (unpaired) electrons. The van der Waals surface area contributed by atoms with Crippen LogP contribution >= 0.6 is 0 Å². The van der Waals surface area contributed by atoms with Gasteiger partial charge in [0.1, 0.15) is 11.6 Å². The summed E-state index contributed by atoms with van der Waals surface area (Å²) in [4.78, 5) is 0. The number of hydrogen-bond donors (Lipinski definition) is 2. The third-order valence-electron chi connectivity index (χ3n) is 4.07. The lowest BCUT2D eigenvalue weighted by Crippen LogP contribution is -2.15. The summed E-state index contributed by atoms with van der Waals surface area (Å²) < 4.78 is 5.10. The smallest absolute Gasteiger partial charge is 0.125 e. The van der Waals surface area contributed by atoms with Crippen molar-refractivity contribution in [2.24, 2.45) is 15.9 Å². The molecule has 0 aliphatic heterocycles. The van der Waals surface area contributed by atoms with Gasteiger partial charge in [-0.3, -0.25) is 0 Å². The first-order chi connectivity index (χ1) is 12.7. The maximum absolute atomic E-state index is 10.4. The average molecular weight is 347 g/mol. The van der Waals surface area contributed by atoms with E-state index in [1.165, 1.54) is 0 Å². The van der Waals surface area contributed by atoms with Crippen molar-refractivity contribution >= 4 is 22.8 Å². The SMILES string of the molecule is COc1ccc(/C=N/N=C(\N)CC(O)c2ccc3ccccc3c2)cc1. The molecule has 3 aromatic carbocycles. The molecule has 132 valence electrons. The van der Waals surface area contributed by atoms with Crippen molar-refractivity contribution < 1.29 is 9.84 Å². The van der Waals surface area contributed by atoms with Crippen molar-refractivity contribution in [3.63, 3.8) is 0 Å². The Kier molecular flexibility index (Phi) is 5.61. The second-order valence-electron chi connectivity index (χ2n) is 5.94. The van der Waals surface area contributed by atoms with E-state index in [2.05, 4.69) is 10.2 Å². The molecule has 0 aromatic heterocycles. The van der Waals surface area contributed by atoms with Crippen molar-refractivity contribution in [2.45, 2.75) is 12.5 Å². The van der Waals surface area contributed by atoms with E-state index >= 15 is 0 Å². The first-order valence-corrected chi connectivity index (χ1v) is 8.32. The second kappa shape index (κ2) is 8.27. The highest BCUT2D eigenvalue weighted by atomic mass is 16.5. The van der Waals surface area contributed by atoms with Gasteiger partial charge in [-0.05, 0) is 52.2 Å². The maximum Gasteiger partial charge on any atom is 0.125 e. The molecule has 0 fully saturated rings. The molecule has 1 unspecified atom stereocenters. The van der Waals surface area contributed by atoms with E-state index in [1.54, 1.807) is 13.3 Å². The molecule has 1 atom stereocenters. The number of nitrogens with zero attached hydrogens (tertiary/aromatic N) is 2. The topological polar surface area (TPSA) is 80.2 Å². The Bertz CT molecular complexity index is 933. The fourth-order valence-electron chi connectivity index (χ4n) is 2.63. The number of methoxy groups -OCH3 is 1. The van der Waals surface area contributed by atoms with Crippen LogP contribution in [-0.4, -0.2) is 24.3 Å². The van der Waals surface area contributed by atoms with Crippen LogP contribution in [0.3, 0.4) is 0 Å². The first kappa shape index (κ1) is 17.6. The van der Waals surface area contributed by atoms with E-state index in [0.717, 1.165) is 27.6 Å². The van der Waals surface area contributed by atoms with Gasteiger partial charge in [0.05, 0.1) is 19.4 Å². The highest BCUT2D eigenvalue weighted by molar-refractivity contribution is 5.85. The fourth-order valence-corrected chi connectivity index (χ4v) is 2.63. The quantitative estimate of drug-likeness (QED) is 0.406. The second-order valence-corrected chi connectivity index (χ2v) is 5.94. The lowest BCUT2D eigenvalue weighted by Gasteiger charge is -2.11. The molecule has 5 heteroatoms. The Morgan fingerprint density at radius 2 is 1.81 bits per heavy atom. The third-order valence-corrected chi connectivity index (χ3v) is 4.07. The molecule has 5 nitrogen and oxygen atoms in total. The van der Waals surface area contributed by atoms with Crippen molar-refractivity contribution in [1.82, 2.24) is 0 Å². The van der Waals surface area contributed by atoms with E-state index in [1.807, 2.05) is 66.7 Å². The first-order valence-electron chi connectivity index (χ1n) is 8.32. The Hall–Kier alpha value is -3.18. The van der Waals surface area contributed by atoms with E-state index in [4.69, 9.17) is 10.5 Å². The van der Waals surface area contributed by atoms with Crippen molar-refractivity contribution in [3.8, 4) is 5.75 Å². The lowest BCUT2D eigenvalue weighted by atomic mass is 10.0. The van der Waals surface area contributed by atoms with Crippen molar-refractivity contribution in [1.29, 1.82) is 0 Å². The minimum absolute atomic E-state index is 0.221. The van der Waals surface area contributed by atoms with Crippen LogP contribution in [0.2, 0.25) is 0 Å². The number of aliphatic hydroxyl groups excluding tert-OH is 1. The normalized spacial score (nSPS) is 13.2. The largest absolute Gasteiger partial charge is 0.497 e. The lowest BCUT2D eigenvalue weighted by molar-refractivity contribution is 0.186. The molecule has 0 heterocycles. The van der Waals surface area contributed by atoms with Gasteiger partial charge in [0.2, 0.25) is 0 Å². The molecule has 0 bridgehead atoms. The molecular formula is C21H21N3O2. The van der Waals surface area contributed by atoms with Gasteiger partial charge < -0.3 is 15.6 Å². The number of aliphatic hydroxyl groups is 1. The van der Waals surface area contributed by atoms with E-state index in [-0.39, 0.29) is 12.3 Å². The minimum atomic E-state index is -0.723. The Morgan fingerprint density at radius 1 is 1.08 bits per heavy atom. The van der Waals surface area contributed by atoms with Crippen LogP contribution in [0.15, 0.2) is 76.9 Å². The molecule has 3 aromatic rings. The van der Waals surface area contributed by atoms with Crippen LogP contribution in [0.1, 0.15) is 23.7 Å². The summed E-state index contributed by atoms with van der Waals surface area (Å²) in [6.45, 7) is 0. The van der Waals surface area contributed by atoms with Gasteiger partial charge in [0, 0.05) is 6.42 Å². The maximum atomic E-state index is 10.4. The van der Waals surface area contributed by atoms with Crippen LogP contribution in [0.25, 0.3) is 10.8 Å². The van der Waals surface area contributed by atoms with Crippen molar-refractivity contribution in [3.05, 3.63) is 77.9 Å². The number of fused-ring (bicyclic) bond motifs is 1. The van der Waals surface area contributed by atoms with E-state index in [9.17, 15) is 5.11 Å². The summed E-state index contributed by atoms with van der Waals surface area (Å²) in [5.41, 5.74) is 7.58. The zero-order valence-corrected chi connectivity index (χ0v) is 14.5. The zero-order valence-electron chi connectivity index (χ0n) is 14.5. The summed E-state index contributed by atoms with van der Waals surface area (Å²) in [5.74, 6) is 1.05. The van der Waals surface area contributed by atoms with Gasteiger partial charge in [-0.1, -0.05) is 36.4 Å². The predicted octanol–water partition coefficient (Wildman–Crippen LogP) is 3.66. The molecule has 3 rings (SSSR count). The summed E-state index contributed by atoms with van der Waals surface area (Å²) in [6, 6.07) is 21.3. The molecule has 0 aliphatic carbocycles. The van der Waals surface area contributed by atoms with Crippen LogP contribution in [0.5, 0.6) is 5.75 Å². The monoisotopic (exact) mass is 347 g/mol. The molecule has 0 spiro atoms. The van der Waals surface area contributed by atoms with Gasteiger partial charge in [-0.15, -0.1) is 5.10 Å². The molecule has 0 aliphatic rings. The number of ether oxygens (including phenoxy) is 1. The number of rotatable bonds is 6. The fraction of sp³-hybridized carbons (Fsp3) is 0.143. The van der Waals surface area contributed by atoms with Crippen LogP contribution in [0.4, 0.5) is 0 Å². The summed E-state index contributed by atoms with van der Waals surface area (Å²) in [7, 11) is 1.62. The summed E-state index contributed by atoms with van der Waals surface area (Å²) in [6.07, 6.45) is 1.10. The van der Waals surface area contributed by atoms with Gasteiger partial charge in [-0.2, -0.15) is 5.10 Å². The zero-order chi connectivity index (χ0) is 18.4. The average Bonchev–Trinajstić information content (AvgIpc) is 2.68. The number of benzene rings is 3. The predicted molar refractivity (Wildman–Crippen MR) is 106 cm³/mol. The minimum Gasteiger partial charge on any atom is -0.497 e. The highest BCUT2D eigenvalue weighted by Gasteiger charge is 2.10. The van der Waals surface area contributed by atoms with Crippen LogP contribution < -0.4 is 10.5 Å². The Morgan fingerprint density at radius 3 is 2.54 bits per heavy atom. The number of amidine groups is 1. The van der Waals surface area contributed by atoms with Gasteiger partial charge in [0.15, 0.2) is 0 Å². The van der Waals surface area contributed by atoms with E-state index in [0.29, 0.717) is 0 Å². The number of hydrogen-bond acceptors (Lipinski definition) is 4. The summed E-state index contributed by atoms with van der Waals surface area (Å²) >= 11 is 0. The molecule has 26 heavy (non-hydrogen) atoms. The molecule has 0 amide bonds. The Balaban J connectivity index is 1.64. The molecule has 0 saturated heterocycles. The van der Waals surface area contributed by atoms with Crippen LogP contribution in [-0.2, 0) is 0 Å². The third kappa shape index (κ3) is 4.46. The molecule has 3 N–H and O–H groups in total. The highest BCUT2D eigenvalue weighted by Crippen LogP contribution is 2.22. The van der Waals surface area contributed by atoms with Gasteiger partial charge in [0.25, 0.3) is 0 Å². The van der Waals surface area contributed by atoms with Crippen LogP contribution in [0, 0.1) is 0 Å². The van der Waals surface area contributed by atoms with Crippen molar-refractivity contribution in [2.75, 3.05) is 7.11 Å². The van der Waals surface area contributed by atoms with E-state index < -0.39 is 6.10 Å².